The van der Waals surface area contributed by atoms with Crippen LogP contribution >= 0.6 is 0 Å². The number of carboxylic acid groups (broad SMARTS) is 1. The molecule has 116 valence electrons. The molecule has 0 saturated carbocycles. The molecule has 0 unspecified atom stereocenters. The third-order valence-electron chi connectivity index (χ3n) is 2.85. The Balaban J connectivity index is 2.98. The molecule has 0 spiro atoms. The summed E-state index contributed by atoms with van der Waals surface area (Å²) in [5.74, 6) is -1.63. The Kier molecular flexibility index (Phi) is 5.79. The van der Waals surface area contributed by atoms with E-state index in [-0.39, 0.29) is 30.8 Å². The van der Waals surface area contributed by atoms with E-state index in [9.17, 15) is 23.3 Å². The molecule has 0 atom stereocenters. The highest BCUT2D eigenvalue weighted by atomic mass is 32.2. The topological polar surface area (TPSA) is 118 Å². The molecule has 0 radical (unpaired) electrons. The van der Waals surface area contributed by atoms with Crippen molar-refractivity contribution in [1.82, 2.24) is 4.31 Å². The number of carboxylic acids is 1. The maximum Gasteiger partial charge on any atom is 0.304 e. The Morgan fingerprint density at radius 1 is 1.38 bits per heavy atom. The summed E-state index contributed by atoms with van der Waals surface area (Å²) in [6, 6.07) is 5.58. The van der Waals surface area contributed by atoms with E-state index in [4.69, 9.17) is 5.11 Å². The molecule has 0 heterocycles. The average Bonchev–Trinajstić information content (AvgIpc) is 2.38. The lowest BCUT2D eigenvalue weighted by atomic mass is 10.2. The third-order valence-corrected chi connectivity index (χ3v) is 4.75. The molecular weight excluding hydrogens is 300 g/mol. The highest BCUT2D eigenvalue weighted by Crippen LogP contribution is 2.21. The fourth-order valence-corrected chi connectivity index (χ4v) is 3.40. The van der Waals surface area contributed by atoms with Gasteiger partial charge < -0.3 is 5.11 Å². The Morgan fingerprint density at radius 3 is 2.52 bits per heavy atom. The second-order valence-corrected chi connectivity index (χ2v) is 6.25. The second kappa shape index (κ2) is 7.14. The van der Waals surface area contributed by atoms with Crippen LogP contribution in [-0.4, -0.2) is 41.8 Å². The predicted molar refractivity (Wildman–Crippen MR) is 75.2 cm³/mol. The van der Waals surface area contributed by atoms with Crippen LogP contribution in [0.1, 0.15) is 18.9 Å². The van der Waals surface area contributed by atoms with Crippen LogP contribution in [0.4, 0.5) is 5.69 Å². The van der Waals surface area contributed by atoms with Gasteiger partial charge in [-0.25, -0.2) is 12.7 Å². The first kappa shape index (κ1) is 17.1. The van der Waals surface area contributed by atoms with Crippen LogP contribution in [-0.2, 0) is 20.6 Å². The minimum atomic E-state index is -3.81. The fourth-order valence-electron chi connectivity index (χ4n) is 1.81. The number of aliphatic carboxylic acids is 1. The zero-order valence-electron chi connectivity index (χ0n) is 11.4. The van der Waals surface area contributed by atoms with Crippen molar-refractivity contribution >= 4 is 21.7 Å². The van der Waals surface area contributed by atoms with Gasteiger partial charge in [-0.15, -0.1) is 0 Å². The highest BCUT2D eigenvalue weighted by molar-refractivity contribution is 7.88. The summed E-state index contributed by atoms with van der Waals surface area (Å²) >= 11 is 0. The molecule has 0 aliphatic rings. The summed E-state index contributed by atoms with van der Waals surface area (Å²) in [5.41, 5.74) is -0.188. The van der Waals surface area contributed by atoms with Crippen LogP contribution in [0.5, 0.6) is 0 Å². The van der Waals surface area contributed by atoms with E-state index in [2.05, 4.69) is 0 Å². The molecule has 0 bridgehead atoms. The normalized spacial score (nSPS) is 11.5. The number of carbonyl (C=O) groups is 1. The average molecular weight is 316 g/mol. The molecule has 0 amide bonds. The van der Waals surface area contributed by atoms with Crippen LogP contribution < -0.4 is 0 Å². The molecule has 0 saturated heterocycles. The number of nitro groups is 1. The smallest absolute Gasteiger partial charge is 0.304 e. The van der Waals surface area contributed by atoms with Crippen molar-refractivity contribution in [3.05, 3.63) is 39.9 Å². The van der Waals surface area contributed by atoms with Gasteiger partial charge in [0.25, 0.3) is 5.69 Å². The minimum absolute atomic E-state index is 0.0799. The maximum atomic E-state index is 12.2. The first-order chi connectivity index (χ1) is 9.77. The van der Waals surface area contributed by atoms with Gasteiger partial charge in [-0.3, -0.25) is 14.9 Å². The summed E-state index contributed by atoms with van der Waals surface area (Å²) in [5, 5.41) is 19.5. The summed E-state index contributed by atoms with van der Waals surface area (Å²) in [6.45, 7) is 1.53. The van der Waals surface area contributed by atoms with E-state index in [1.165, 1.54) is 24.3 Å². The zero-order chi connectivity index (χ0) is 16.0. The van der Waals surface area contributed by atoms with E-state index in [1.54, 1.807) is 6.92 Å². The van der Waals surface area contributed by atoms with Crippen LogP contribution in [0.25, 0.3) is 0 Å². The second-order valence-electron chi connectivity index (χ2n) is 4.28. The van der Waals surface area contributed by atoms with Gasteiger partial charge in [0.2, 0.25) is 10.0 Å². The Morgan fingerprint density at radius 2 is 2.00 bits per heavy atom. The maximum absolute atomic E-state index is 12.2. The molecule has 8 nitrogen and oxygen atoms in total. The lowest BCUT2D eigenvalue weighted by Gasteiger charge is -2.19. The van der Waals surface area contributed by atoms with Crippen molar-refractivity contribution in [3.8, 4) is 0 Å². The SMILES string of the molecule is CCN(CCC(=O)O)S(=O)(=O)Cc1ccccc1[N+](=O)[O-]. The van der Waals surface area contributed by atoms with Gasteiger partial charge in [0.15, 0.2) is 0 Å². The fraction of sp³-hybridized carbons (Fsp3) is 0.417. The summed E-state index contributed by atoms with van der Waals surface area (Å²) in [4.78, 5) is 20.8. The number of benzene rings is 1. The van der Waals surface area contributed by atoms with Crippen LogP contribution in [0, 0.1) is 10.1 Å². The molecule has 9 heteroatoms. The number of hydrogen-bond acceptors (Lipinski definition) is 5. The zero-order valence-corrected chi connectivity index (χ0v) is 12.2. The molecule has 0 aliphatic carbocycles. The molecule has 1 N–H and O–H groups in total. The van der Waals surface area contributed by atoms with Crippen LogP contribution in [0.15, 0.2) is 24.3 Å². The van der Waals surface area contributed by atoms with Crippen molar-refractivity contribution in [3.63, 3.8) is 0 Å². The number of sulfonamides is 1. The predicted octanol–water partition coefficient (Wildman–Crippen LogP) is 1.22. The lowest BCUT2D eigenvalue weighted by Crippen LogP contribution is -2.34. The first-order valence-corrected chi connectivity index (χ1v) is 7.80. The molecule has 1 rings (SSSR count). The molecule has 1 aromatic rings. The van der Waals surface area contributed by atoms with Crippen LogP contribution in [0.2, 0.25) is 0 Å². The van der Waals surface area contributed by atoms with Gasteiger partial charge in [-0.05, 0) is 0 Å². The molecule has 0 aliphatic heterocycles. The number of nitrogens with zero attached hydrogens (tertiary/aromatic N) is 2. The van der Waals surface area contributed by atoms with Crippen LogP contribution in [0.3, 0.4) is 0 Å². The quantitative estimate of drug-likeness (QED) is 0.569. The molecule has 1 aromatic carbocycles. The largest absolute Gasteiger partial charge is 0.481 e. The standard InChI is InChI=1S/C12H16N2O6S/c1-2-13(8-7-12(15)16)21(19,20)9-10-5-3-4-6-11(10)14(17)18/h3-6H,2,7-9H2,1H3,(H,15,16). The molecule has 21 heavy (non-hydrogen) atoms. The summed E-state index contributed by atoms with van der Waals surface area (Å²) in [6.07, 6.45) is -0.316. The van der Waals surface area contributed by atoms with E-state index < -0.39 is 26.7 Å². The van der Waals surface area contributed by atoms with Gasteiger partial charge in [0.05, 0.1) is 17.1 Å². The summed E-state index contributed by atoms with van der Waals surface area (Å²) < 4.78 is 25.5. The minimum Gasteiger partial charge on any atom is -0.481 e. The van der Waals surface area contributed by atoms with Crippen molar-refractivity contribution < 1.29 is 23.2 Å². The van der Waals surface area contributed by atoms with Gasteiger partial charge in [-0.1, -0.05) is 25.1 Å². The number of para-hydroxylation sites is 1. The number of rotatable bonds is 8. The number of nitro benzene ring substituents is 1. The van der Waals surface area contributed by atoms with E-state index in [0.717, 1.165) is 4.31 Å². The monoisotopic (exact) mass is 316 g/mol. The van der Waals surface area contributed by atoms with Gasteiger partial charge >= 0.3 is 5.97 Å². The van der Waals surface area contributed by atoms with E-state index in [0.29, 0.717) is 0 Å². The Labute approximate surface area is 122 Å². The van der Waals surface area contributed by atoms with Gasteiger partial charge in [-0.2, -0.15) is 0 Å². The lowest BCUT2D eigenvalue weighted by molar-refractivity contribution is -0.385. The van der Waals surface area contributed by atoms with Crippen molar-refractivity contribution in [2.75, 3.05) is 13.1 Å². The highest BCUT2D eigenvalue weighted by Gasteiger charge is 2.25. The number of hydrogen-bond donors (Lipinski definition) is 1. The van der Waals surface area contributed by atoms with Crippen molar-refractivity contribution in [2.45, 2.75) is 19.1 Å². The van der Waals surface area contributed by atoms with Crippen molar-refractivity contribution in [1.29, 1.82) is 0 Å². The summed E-state index contributed by atoms with van der Waals surface area (Å²) in [7, 11) is -3.81. The van der Waals surface area contributed by atoms with Gasteiger partial charge in [0.1, 0.15) is 0 Å². The van der Waals surface area contributed by atoms with Gasteiger partial charge in [0, 0.05) is 24.7 Å². The van der Waals surface area contributed by atoms with E-state index in [1.807, 2.05) is 0 Å². The molecule has 0 fully saturated rings. The van der Waals surface area contributed by atoms with E-state index >= 15 is 0 Å². The Bertz CT molecular complexity index is 628. The first-order valence-electron chi connectivity index (χ1n) is 6.20. The molecular formula is C12H16N2O6S. The molecule has 0 aromatic heterocycles. The van der Waals surface area contributed by atoms with Crippen molar-refractivity contribution in [2.24, 2.45) is 0 Å². The Hall–Kier alpha value is -2.00. The third kappa shape index (κ3) is 4.80.